The SMILES string of the molecule is CC(=O)O[C@H]1C[C@](C)(O)/C=C/C[C@H](C)CC(=O)CC2=C[C@@H](OC2=O)[C@@H]1C(C)C. The van der Waals surface area contributed by atoms with Gasteiger partial charge in [-0.05, 0) is 31.3 Å². The zero-order valence-corrected chi connectivity index (χ0v) is 17.4. The first-order chi connectivity index (χ1) is 13.0. The van der Waals surface area contributed by atoms with E-state index in [1.165, 1.54) is 6.92 Å². The van der Waals surface area contributed by atoms with Crippen molar-refractivity contribution in [3.63, 3.8) is 0 Å². The summed E-state index contributed by atoms with van der Waals surface area (Å²) in [6.07, 6.45) is 5.29. The van der Waals surface area contributed by atoms with Crippen LogP contribution in [0.1, 0.15) is 60.3 Å². The lowest BCUT2D eigenvalue weighted by Crippen LogP contribution is -2.42. The fourth-order valence-corrected chi connectivity index (χ4v) is 4.10. The number of Topliss-reactive ketones (excluding diaryl/α,β-unsaturated/α-hetero) is 1. The predicted octanol–water partition coefficient (Wildman–Crippen LogP) is 3.13. The molecule has 0 saturated heterocycles. The maximum absolute atomic E-state index is 12.4. The van der Waals surface area contributed by atoms with Gasteiger partial charge in [0.15, 0.2) is 0 Å². The van der Waals surface area contributed by atoms with Gasteiger partial charge in [0.2, 0.25) is 0 Å². The van der Waals surface area contributed by atoms with Gasteiger partial charge in [0.1, 0.15) is 18.0 Å². The Kier molecular flexibility index (Phi) is 7.21. The molecular formula is C22H32O6. The van der Waals surface area contributed by atoms with Crippen molar-refractivity contribution in [2.24, 2.45) is 17.8 Å². The van der Waals surface area contributed by atoms with Crippen LogP contribution < -0.4 is 0 Å². The van der Waals surface area contributed by atoms with Crippen molar-refractivity contribution in [1.82, 2.24) is 0 Å². The molecule has 6 heteroatoms. The highest BCUT2D eigenvalue weighted by atomic mass is 16.6. The maximum atomic E-state index is 12.4. The van der Waals surface area contributed by atoms with E-state index < -0.39 is 29.7 Å². The highest BCUT2D eigenvalue weighted by molar-refractivity contribution is 5.97. The highest BCUT2D eigenvalue weighted by Gasteiger charge is 2.42. The zero-order valence-electron chi connectivity index (χ0n) is 17.4. The summed E-state index contributed by atoms with van der Waals surface area (Å²) in [4.78, 5) is 36.4. The second-order valence-electron chi connectivity index (χ2n) is 8.76. The maximum Gasteiger partial charge on any atom is 0.334 e. The summed E-state index contributed by atoms with van der Waals surface area (Å²) in [6, 6.07) is 0. The van der Waals surface area contributed by atoms with Crippen LogP contribution in [0.5, 0.6) is 0 Å². The largest absolute Gasteiger partial charge is 0.462 e. The van der Waals surface area contributed by atoms with Gasteiger partial charge in [-0.1, -0.05) is 32.9 Å². The molecule has 0 aromatic carbocycles. The first-order valence-electron chi connectivity index (χ1n) is 9.99. The van der Waals surface area contributed by atoms with Crippen LogP contribution in [0.2, 0.25) is 0 Å². The van der Waals surface area contributed by atoms with Gasteiger partial charge in [0, 0.05) is 37.7 Å². The quantitative estimate of drug-likeness (QED) is 0.574. The Hall–Kier alpha value is -1.95. The number of hydrogen-bond acceptors (Lipinski definition) is 6. The zero-order chi connectivity index (χ0) is 21.1. The fourth-order valence-electron chi connectivity index (χ4n) is 4.10. The summed E-state index contributed by atoms with van der Waals surface area (Å²) in [5.74, 6) is -1.16. The topological polar surface area (TPSA) is 89.9 Å². The Labute approximate surface area is 167 Å². The van der Waals surface area contributed by atoms with Crippen molar-refractivity contribution in [3.8, 4) is 0 Å². The van der Waals surface area contributed by atoms with Gasteiger partial charge in [-0.25, -0.2) is 4.79 Å². The number of fused-ring (bicyclic) bond motifs is 1. The highest BCUT2D eigenvalue weighted by Crippen LogP contribution is 2.35. The molecule has 0 aromatic heterocycles. The van der Waals surface area contributed by atoms with Crippen molar-refractivity contribution in [1.29, 1.82) is 0 Å². The number of ether oxygens (including phenoxy) is 2. The van der Waals surface area contributed by atoms with Crippen molar-refractivity contribution < 1.29 is 29.0 Å². The number of ketones is 1. The van der Waals surface area contributed by atoms with Gasteiger partial charge in [-0.2, -0.15) is 0 Å². The summed E-state index contributed by atoms with van der Waals surface area (Å²) in [7, 11) is 0. The molecule has 5 atom stereocenters. The second kappa shape index (κ2) is 9.03. The third-order valence-corrected chi connectivity index (χ3v) is 5.36. The van der Waals surface area contributed by atoms with Crippen LogP contribution in [0.25, 0.3) is 0 Å². The smallest absolute Gasteiger partial charge is 0.334 e. The Morgan fingerprint density at radius 2 is 2.04 bits per heavy atom. The van der Waals surface area contributed by atoms with E-state index in [2.05, 4.69) is 0 Å². The summed E-state index contributed by atoms with van der Waals surface area (Å²) in [5.41, 5.74) is -0.829. The molecule has 2 aliphatic rings. The monoisotopic (exact) mass is 392 g/mol. The standard InChI is InChI=1S/C22H32O6/c1-13(2)20-18-11-16(21(25)28-18)10-17(24)9-14(3)7-6-8-22(5,26)12-19(20)27-15(4)23/h6,8,11,13-14,18-20,26H,7,9-10,12H2,1-5H3/b8-6+/t14-,18+,19-,20-,22+/m0/s1. The number of rotatable bonds is 2. The predicted molar refractivity (Wildman–Crippen MR) is 104 cm³/mol. The Morgan fingerprint density at radius 1 is 1.36 bits per heavy atom. The molecule has 2 rings (SSSR count). The molecule has 1 aliphatic carbocycles. The van der Waals surface area contributed by atoms with E-state index in [9.17, 15) is 19.5 Å². The number of esters is 2. The molecule has 6 nitrogen and oxygen atoms in total. The molecule has 0 saturated carbocycles. The average Bonchev–Trinajstić information content (AvgIpc) is 2.84. The summed E-state index contributed by atoms with van der Waals surface area (Å²) in [5, 5.41) is 10.9. The minimum Gasteiger partial charge on any atom is -0.462 e. The molecule has 0 amide bonds. The molecule has 0 spiro atoms. The van der Waals surface area contributed by atoms with Crippen LogP contribution in [-0.4, -0.2) is 40.6 Å². The van der Waals surface area contributed by atoms with Crippen molar-refractivity contribution in [2.75, 3.05) is 0 Å². The van der Waals surface area contributed by atoms with Crippen molar-refractivity contribution >= 4 is 17.7 Å². The van der Waals surface area contributed by atoms with E-state index in [1.54, 1.807) is 19.1 Å². The molecule has 0 radical (unpaired) electrons. The first-order valence-corrected chi connectivity index (χ1v) is 9.99. The fraction of sp³-hybridized carbons (Fsp3) is 0.682. The van der Waals surface area contributed by atoms with Crippen molar-refractivity contribution in [2.45, 2.75) is 78.1 Å². The van der Waals surface area contributed by atoms with Crippen LogP contribution in [-0.2, 0) is 23.9 Å². The average molecular weight is 392 g/mol. The Morgan fingerprint density at radius 3 is 2.64 bits per heavy atom. The molecule has 0 fully saturated rings. The molecular weight excluding hydrogens is 360 g/mol. The van der Waals surface area contributed by atoms with E-state index in [0.717, 1.165) is 0 Å². The minimum absolute atomic E-state index is 0.00815. The van der Waals surface area contributed by atoms with Gasteiger partial charge < -0.3 is 14.6 Å². The van der Waals surface area contributed by atoms with E-state index in [0.29, 0.717) is 18.4 Å². The van der Waals surface area contributed by atoms with Crippen LogP contribution >= 0.6 is 0 Å². The lowest BCUT2D eigenvalue weighted by Gasteiger charge is -2.35. The van der Waals surface area contributed by atoms with E-state index in [-0.39, 0.29) is 36.4 Å². The van der Waals surface area contributed by atoms with Gasteiger partial charge in [-0.3, -0.25) is 9.59 Å². The van der Waals surface area contributed by atoms with E-state index >= 15 is 0 Å². The number of aliphatic hydroxyl groups is 1. The van der Waals surface area contributed by atoms with E-state index in [4.69, 9.17) is 9.47 Å². The third-order valence-electron chi connectivity index (χ3n) is 5.36. The number of carbonyl (C=O) groups excluding carboxylic acids is 3. The number of allylic oxidation sites excluding steroid dienone is 1. The van der Waals surface area contributed by atoms with Gasteiger partial charge in [0.05, 0.1) is 5.60 Å². The van der Waals surface area contributed by atoms with Crippen LogP contribution in [0.15, 0.2) is 23.8 Å². The van der Waals surface area contributed by atoms with Gasteiger partial charge in [-0.15, -0.1) is 0 Å². The van der Waals surface area contributed by atoms with Crippen LogP contribution in [0.3, 0.4) is 0 Å². The molecule has 0 aromatic rings. The molecule has 1 heterocycles. The summed E-state index contributed by atoms with van der Waals surface area (Å²) in [6.45, 7) is 8.88. The molecule has 1 N–H and O–H groups in total. The normalized spacial score (nSPS) is 35.8. The lowest BCUT2D eigenvalue weighted by molar-refractivity contribution is -0.159. The second-order valence-corrected chi connectivity index (χ2v) is 8.76. The molecule has 0 unspecified atom stereocenters. The van der Waals surface area contributed by atoms with Crippen LogP contribution in [0.4, 0.5) is 0 Å². The Balaban J connectivity index is 2.44. The first kappa shape index (κ1) is 22.3. The Bertz CT molecular complexity index is 673. The van der Waals surface area contributed by atoms with Gasteiger partial charge in [0.25, 0.3) is 0 Å². The number of carbonyl (C=O) groups is 3. The molecule has 156 valence electrons. The van der Waals surface area contributed by atoms with Crippen LogP contribution in [0, 0.1) is 17.8 Å². The molecule has 28 heavy (non-hydrogen) atoms. The number of hydrogen-bond donors (Lipinski definition) is 1. The van der Waals surface area contributed by atoms with Crippen molar-refractivity contribution in [3.05, 3.63) is 23.8 Å². The molecule has 2 bridgehead atoms. The lowest BCUT2D eigenvalue weighted by atomic mass is 9.80. The van der Waals surface area contributed by atoms with Gasteiger partial charge >= 0.3 is 11.9 Å². The summed E-state index contributed by atoms with van der Waals surface area (Å²) < 4.78 is 11.1. The van der Waals surface area contributed by atoms with E-state index in [1.807, 2.05) is 26.8 Å². The minimum atomic E-state index is -1.20. The summed E-state index contributed by atoms with van der Waals surface area (Å²) >= 11 is 0. The molecule has 1 aliphatic heterocycles. The third kappa shape index (κ3) is 6.03.